The summed E-state index contributed by atoms with van der Waals surface area (Å²) in [4.78, 5) is 38.3. The molecule has 73 heavy (non-hydrogen) atoms. The molecule has 1 atom stereocenters. The first-order valence-electron chi connectivity index (χ1n) is 33.2. The first-order valence-corrected chi connectivity index (χ1v) is 33.2. The first kappa shape index (κ1) is 71.2. The molecule has 0 aliphatic heterocycles. The number of esters is 3. The van der Waals surface area contributed by atoms with Gasteiger partial charge >= 0.3 is 17.9 Å². The Morgan fingerprint density at radius 2 is 0.452 bits per heavy atom. The normalized spacial score (nSPS) is 12.0. The lowest BCUT2D eigenvalue weighted by Crippen LogP contribution is -2.30. The zero-order valence-corrected chi connectivity index (χ0v) is 49.7. The quantitative estimate of drug-likeness (QED) is 0.0261. The number of unbranched alkanes of at least 4 members (excludes halogenated alkanes) is 49. The Bertz CT molecular complexity index is 1130. The number of hydrogen-bond donors (Lipinski definition) is 0. The van der Waals surface area contributed by atoms with Gasteiger partial charge in [0.25, 0.3) is 0 Å². The summed E-state index contributed by atoms with van der Waals surface area (Å²) < 4.78 is 17.0. The highest BCUT2D eigenvalue weighted by molar-refractivity contribution is 5.71. The summed E-state index contributed by atoms with van der Waals surface area (Å²) in [6, 6.07) is 0. The maximum Gasteiger partial charge on any atom is 0.306 e. The lowest BCUT2D eigenvalue weighted by molar-refractivity contribution is -0.167. The van der Waals surface area contributed by atoms with E-state index in [9.17, 15) is 14.4 Å². The summed E-state index contributed by atoms with van der Waals surface area (Å²) in [7, 11) is 0. The number of carbonyl (C=O) groups excluding carboxylic acids is 3. The van der Waals surface area contributed by atoms with Gasteiger partial charge < -0.3 is 14.2 Å². The van der Waals surface area contributed by atoms with Crippen LogP contribution < -0.4 is 0 Å². The van der Waals surface area contributed by atoms with Crippen LogP contribution in [-0.2, 0) is 28.6 Å². The zero-order chi connectivity index (χ0) is 52.9. The van der Waals surface area contributed by atoms with Crippen molar-refractivity contribution >= 4 is 17.9 Å². The minimum absolute atomic E-state index is 0.0657. The van der Waals surface area contributed by atoms with Crippen LogP contribution in [0.3, 0.4) is 0 Å². The molecule has 6 heteroatoms. The molecule has 0 aliphatic carbocycles. The zero-order valence-electron chi connectivity index (χ0n) is 49.7. The van der Waals surface area contributed by atoms with Crippen molar-refractivity contribution in [1.82, 2.24) is 0 Å². The summed E-state index contributed by atoms with van der Waals surface area (Å²) in [5, 5.41) is 0. The molecule has 0 aliphatic rings. The summed E-state index contributed by atoms with van der Waals surface area (Å²) in [5.41, 5.74) is 0. The molecular weight excluding hydrogens is 901 g/mol. The van der Waals surface area contributed by atoms with E-state index in [4.69, 9.17) is 14.2 Å². The molecule has 0 aromatic carbocycles. The van der Waals surface area contributed by atoms with Crippen molar-refractivity contribution in [2.75, 3.05) is 13.2 Å². The molecule has 0 aromatic rings. The number of allylic oxidation sites excluding steroid dienone is 2. The van der Waals surface area contributed by atoms with Crippen molar-refractivity contribution in [3.8, 4) is 0 Å². The highest BCUT2D eigenvalue weighted by atomic mass is 16.6. The summed E-state index contributed by atoms with van der Waals surface area (Å²) in [6.07, 6.45) is 73.6. The van der Waals surface area contributed by atoms with Gasteiger partial charge in [-0.2, -0.15) is 0 Å². The van der Waals surface area contributed by atoms with Crippen LogP contribution in [0.5, 0.6) is 0 Å². The summed E-state index contributed by atoms with van der Waals surface area (Å²) >= 11 is 0. The smallest absolute Gasteiger partial charge is 0.306 e. The highest BCUT2D eigenvalue weighted by Gasteiger charge is 2.19. The molecule has 0 saturated carbocycles. The Morgan fingerprint density at radius 3 is 0.685 bits per heavy atom. The van der Waals surface area contributed by atoms with E-state index < -0.39 is 6.10 Å². The third-order valence-electron chi connectivity index (χ3n) is 15.3. The van der Waals surface area contributed by atoms with Crippen LogP contribution >= 0.6 is 0 Å². The van der Waals surface area contributed by atoms with E-state index in [0.29, 0.717) is 19.3 Å². The van der Waals surface area contributed by atoms with Crippen LogP contribution in [0.2, 0.25) is 0 Å². The second kappa shape index (κ2) is 62.7. The van der Waals surface area contributed by atoms with Crippen molar-refractivity contribution < 1.29 is 28.6 Å². The van der Waals surface area contributed by atoms with Crippen LogP contribution in [0.15, 0.2) is 12.2 Å². The molecule has 0 spiro atoms. The molecule has 0 fully saturated rings. The minimum Gasteiger partial charge on any atom is -0.462 e. The maximum absolute atomic E-state index is 12.9. The molecule has 0 saturated heterocycles. The van der Waals surface area contributed by atoms with E-state index in [2.05, 4.69) is 32.9 Å². The third kappa shape index (κ3) is 60.9. The van der Waals surface area contributed by atoms with E-state index in [-0.39, 0.29) is 31.1 Å². The van der Waals surface area contributed by atoms with Crippen molar-refractivity contribution in [2.45, 2.75) is 386 Å². The Labute approximate surface area is 456 Å². The lowest BCUT2D eigenvalue weighted by atomic mass is 10.0. The van der Waals surface area contributed by atoms with Gasteiger partial charge in [-0.15, -0.1) is 0 Å². The fraction of sp³-hybridized carbons (Fsp3) is 0.925. The molecular formula is C67H128O6. The molecule has 0 aromatic heterocycles. The molecule has 0 bridgehead atoms. The van der Waals surface area contributed by atoms with Gasteiger partial charge in [0.2, 0.25) is 0 Å². The molecule has 432 valence electrons. The van der Waals surface area contributed by atoms with E-state index in [1.165, 1.54) is 276 Å². The minimum atomic E-state index is -0.769. The van der Waals surface area contributed by atoms with Gasteiger partial charge in [0.05, 0.1) is 0 Å². The standard InChI is InChI=1S/C67H128O6/c1-4-7-10-13-16-19-22-25-28-31-33-34-35-37-39-42-45-48-51-54-57-60-66(69)72-63-64(62-71-65(68)59-56-53-50-47-44-41-38-30-27-24-21-18-15-12-9-6-3)73-67(70)61-58-55-52-49-46-43-40-36-32-29-26-23-20-17-14-11-8-5-2/h30,38,64H,4-29,31-37,39-63H2,1-3H3/b38-30-. The van der Waals surface area contributed by atoms with Gasteiger partial charge in [0, 0.05) is 19.3 Å². The molecule has 0 rings (SSSR count). The number of ether oxygens (including phenoxy) is 3. The Hall–Kier alpha value is -1.85. The van der Waals surface area contributed by atoms with Gasteiger partial charge in [0.15, 0.2) is 6.10 Å². The lowest BCUT2D eigenvalue weighted by Gasteiger charge is -2.18. The van der Waals surface area contributed by atoms with E-state index in [1.54, 1.807) is 0 Å². The van der Waals surface area contributed by atoms with Crippen molar-refractivity contribution in [3.63, 3.8) is 0 Å². The van der Waals surface area contributed by atoms with Crippen molar-refractivity contribution in [1.29, 1.82) is 0 Å². The average molecular weight is 1030 g/mol. The second-order valence-corrected chi connectivity index (χ2v) is 22.7. The predicted molar refractivity (Wildman–Crippen MR) is 317 cm³/mol. The first-order chi connectivity index (χ1) is 36.0. The van der Waals surface area contributed by atoms with Crippen LogP contribution in [0.25, 0.3) is 0 Å². The maximum atomic E-state index is 12.9. The van der Waals surface area contributed by atoms with Gasteiger partial charge in [-0.3, -0.25) is 14.4 Å². The SMILES string of the molecule is CCCCCCCCC/C=C\CCCCCCCC(=O)OCC(COC(=O)CCCCCCCCCCCCCCCCCCCCCCC)OC(=O)CCCCCCCCCCCCCCCCCCCC. The number of carbonyl (C=O) groups is 3. The molecule has 0 N–H and O–H groups in total. The molecule has 0 radical (unpaired) electrons. The highest BCUT2D eigenvalue weighted by Crippen LogP contribution is 2.18. The largest absolute Gasteiger partial charge is 0.462 e. The number of hydrogen-bond acceptors (Lipinski definition) is 6. The van der Waals surface area contributed by atoms with Crippen LogP contribution in [0, 0.1) is 0 Å². The van der Waals surface area contributed by atoms with Crippen molar-refractivity contribution in [3.05, 3.63) is 12.2 Å². The van der Waals surface area contributed by atoms with Crippen LogP contribution in [0.4, 0.5) is 0 Å². The molecule has 0 amide bonds. The van der Waals surface area contributed by atoms with E-state index >= 15 is 0 Å². The van der Waals surface area contributed by atoms with E-state index in [1.807, 2.05) is 0 Å². The fourth-order valence-corrected chi connectivity index (χ4v) is 10.3. The summed E-state index contributed by atoms with van der Waals surface area (Å²) in [5.74, 6) is -0.841. The van der Waals surface area contributed by atoms with E-state index in [0.717, 1.165) is 64.2 Å². The monoisotopic (exact) mass is 1030 g/mol. The summed E-state index contributed by atoms with van der Waals surface area (Å²) in [6.45, 7) is 6.72. The molecule has 1 unspecified atom stereocenters. The van der Waals surface area contributed by atoms with Gasteiger partial charge in [0.1, 0.15) is 13.2 Å². The van der Waals surface area contributed by atoms with Crippen LogP contribution in [0.1, 0.15) is 380 Å². The van der Waals surface area contributed by atoms with Crippen LogP contribution in [-0.4, -0.2) is 37.2 Å². The van der Waals surface area contributed by atoms with Crippen molar-refractivity contribution in [2.24, 2.45) is 0 Å². The Kier molecular flexibility index (Phi) is 61.1. The third-order valence-corrected chi connectivity index (χ3v) is 15.3. The topological polar surface area (TPSA) is 78.9 Å². The average Bonchev–Trinajstić information content (AvgIpc) is 3.39. The number of rotatable bonds is 62. The fourth-order valence-electron chi connectivity index (χ4n) is 10.3. The Morgan fingerprint density at radius 1 is 0.260 bits per heavy atom. The second-order valence-electron chi connectivity index (χ2n) is 22.7. The van der Waals surface area contributed by atoms with Gasteiger partial charge in [-0.05, 0) is 44.9 Å². The molecule has 0 heterocycles. The van der Waals surface area contributed by atoms with Gasteiger partial charge in [-0.25, -0.2) is 0 Å². The van der Waals surface area contributed by atoms with Gasteiger partial charge in [-0.1, -0.05) is 328 Å². The molecule has 6 nitrogen and oxygen atoms in total. The predicted octanol–water partition coefficient (Wildman–Crippen LogP) is 22.4. The Balaban J connectivity index is 4.28.